The summed E-state index contributed by atoms with van der Waals surface area (Å²) in [7, 11) is -3.73. The Labute approximate surface area is 166 Å². The van der Waals surface area contributed by atoms with Gasteiger partial charge in [-0.05, 0) is 77.0 Å². The van der Waals surface area contributed by atoms with Gasteiger partial charge in [-0.1, -0.05) is 11.6 Å². The summed E-state index contributed by atoms with van der Waals surface area (Å²) in [6.07, 6.45) is 3.13. The molecule has 138 valence electrons. The topological polar surface area (TPSA) is 75.3 Å². The Morgan fingerprint density at radius 2 is 1.63 bits per heavy atom. The van der Waals surface area contributed by atoms with Crippen LogP contribution in [0.15, 0.2) is 76.3 Å². The molecule has 0 saturated heterocycles. The first-order chi connectivity index (χ1) is 12.9. The molecule has 0 atom stereocenters. The van der Waals surface area contributed by atoms with Gasteiger partial charge < -0.3 is 5.32 Å². The second-order valence-corrected chi connectivity index (χ2v) is 8.41. The molecule has 1 aromatic heterocycles. The summed E-state index contributed by atoms with van der Waals surface area (Å²) in [5.41, 5.74) is 1.86. The maximum absolute atomic E-state index is 12.4. The average molecular weight is 419 g/mol. The van der Waals surface area contributed by atoms with Crippen molar-refractivity contribution in [2.24, 2.45) is 0 Å². The second-order valence-electron chi connectivity index (χ2n) is 5.52. The van der Waals surface area contributed by atoms with Crippen molar-refractivity contribution in [1.29, 1.82) is 0 Å². The van der Waals surface area contributed by atoms with Crippen LogP contribution in [0.4, 0.5) is 11.4 Å². The molecule has 0 fully saturated rings. The molecule has 0 radical (unpaired) electrons. The Morgan fingerprint density at radius 3 is 2.26 bits per heavy atom. The third-order valence-corrected chi connectivity index (χ3v) is 5.85. The highest BCUT2D eigenvalue weighted by molar-refractivity contribution is 7.92. The molecule has 0 bridgehead atoms. The standard InChI is InChI=1S/C19H15ClN2O3S2/c20-15-2-4-17(5-3-15)22-27(24,25)18-8-6-16(7-9-18)21-19(23)10-1-14-11-12-26-13-14/h1-13,22H,(H,21,23)/b10-1+. The molecule has 2 N–H and O–H groups in total. The number of amides is 1. The number of hydrogen-bond acceptors (Lipinski definition) is 4. The van der Waals surface area contributed by atoms with E-state index in [9.17, 15) is 13.2 Å². The minimum Gasteiger partial charge on any atom is -0.323 e. The molecule has 5 nitrogen and oxygen atoms in total. The normalized spacial score (nSPS) is 11.4. The lowest BCUT2D eigenvalue weighted by molar-refractivity contribution is -0.111. The number of benzene rings is 2. The number of sulfonamides is 1. The molecule has 0 aliphatic heterocycles. The summed E-state index contributed by atoms with van der Waals surface area (Å²) >= 11 is 7.34. The first-order valence-corrected chi connectivity index (χ1v) is 10.6. The van der Waals surface area contributed by atoms with Crippen molar-refractivity contribution < 1.29 is 13.2 Å². The van der Waals surface area contributed by atoms with E-state index in [1.807, 2.05) is 16.8 Å². The van der Waals surface area contributed by atoms with Crippen molar-refractivity contribution in [2.75, 3.05) is 10.0 Å². The van der Waals surface area contributed by atoms with Gasteiger partial charge in [0.2, 0.25) is 5.91 Å². The molecule has 2 aromatic carbocycles. The van der Waals surface area contributed by atoms with Crippen LogP contribution in [0.3, 0.4) is 0 Å². The van der Waals surface area contributed by atoms with E-state index in [4.69, 9.17) is 11.6 Å². The third-order valence-electron chi connectivity index (χ3n) is 3.50. The van der Waals surface area contributed by atoms with Gasteiger partial charge >= 0.3 is 0 Å². The van der Waals surface area contributed by atoms with E-state index in [1.165, 1.54) is 30.3 Å². The summed E-state index contributed by atoms with van der Waals surface area (Å²) < 4.78 is 27.3. The lowest BCUT2D eigenvalue weighted by atomic mass is 10.3. The van der Waals surface area contributed by atoms with Crippen molar-refractivity contribution in [3.05, 3.63) is 82.0 Å². The zero-order chi connectivity index (χ0) is 19.3. The smallest absolute Gasteiger partial charge is 0.261 e. The van der Waals surface area contributed by atoms with Crippen LogP contribution in [-0.4, -0.2) is 14.3 Å². The minimum absolute atomic E-state index is 0.0873. The van der Waals surface area contributed by atoms with E-state index in [0.29, 0.717) is 16.4 Å². The predicted molar refractivity (Wildman–Crippen MR) is 111 cm³/mol. The van der Waals surface area contributed by atoms with Gasteiger partial charge in [0.1, 0.15) is 0 Å². The summed E-state index contributed by atoms with van der Waals surface area (Å²) in [6, 6.07) is 14.2. The van der Waals surface area contributed by atoms with E-state index < -0.39 is 10.0 Å². The highest BCUT2D eigenvalue weighted by Crippen LogP contribution is 2.20. The number of thiophene rings is 1. The summed E-state index contributed by atoms with van der Waals surface area (Å²) in [6.45, 7) is 0. The van der Waals surface area contributed by atoms with E-state index in [2.05, 4.69) is 10.0 Å². The fraction of sp³-hybridized carbons (Fsp3) is 0. The zero-order valence-electron chi connectivity index (χ0n) is 13.9. The first-order valence-electron chi connectivity index (χ1n) is 7.82. The molecule has 8 heteroatoms. The highest BCUT2D eigenvalue weighted by Gasteiger charge is 2.14. The number of carbonyl (C=O) groups excluding carboxylic acids is 1. The van der Waals surface area contributed by atoms with Gasteiger partial charge in [-0.25, -0.2) is 8.42 Å². The molecule has 1 amide bonds. The molecule has 0 aliphatic carbocycles. The number of anilines is 2. The van der Waals surface area contributed by atoms with Gasteiger partial charge in [0, 0.05) is 22.5 Å². The van der Waals surface area contributed by atoms with Crippen LogP contribution in [-0.2, 0) is 14.8 Å². The number of nitrogens with one attached hydrogen (secondary N) is 2. The molecular formula is C19H15ClN2O3S2. The number of hydrogen-bond donors (Lipinski definition) is 2. The Kier molecular flexibility index (Phi) is 5.95. The molecular weight excluding hydrogens is 404 g/mol. The molecule has 0 unspecified atom stereocenters. The lowest BCUT2D eigenvalue weighted by Gasteiger charge is -2.09. The van der Waals surface area contributed by atoms with Crippen molar-refractivity contribution in [1.82, 2.24) is 0 Å². The summed E-state index contributed by atoms with van der Waals surface area (Å²) in [4.78, 5) is 12.0. The monoisotopic (exact) mass is 418 g/mol. The van der Waals surface area contributed by atoms with Crippen LogP contribution >= 0.6 is 22.9 Å². The van der Waals surface area contributed by atoms with E-state index in [1.54, 1.807) is 41.7 Å². The summed E-state index contributed by atoms with van der Waals surface area (Å²) in [5.74, 6) is -0.295. The van der Waals surface area contributed by atoms with Crippen LogP contribution in [0.2, 0.25) is 5.02 Å². The predicted octanol–water partition coefficient (Wildman–Crippen LogP) is 4.85. The summed E-state index contributed by atoms with van der Waals surface area (Å²) in [5, 5.41) is 7.06. The number of carbonyl (C=O) groups is 1. The molecule has 0 spiro atoms. The van der Waals surface area contributed by atoms with Crippen LogP contribution < -0.4 is 10.0 Å². The Balaban J connectivity index is 1.65. The Hall–Kier alpha value is -2.61. The zero-order valence-corrected chi connectivity index (χ0v) is 16.3. The Bertz CT molecular complexity index is 1040. The van der Waals surface area contributed by atoms with Gasteiger partial charge in [-0.15, -0.1) is 0 Å². The largest absolute Gasteiger partial charge is 0.323 e. The SMILES string of the molecule is O=C(/C=C/c1ccsc1)Nc1ccc(S(=O)(=O)Nc2ccc(Cl)cc2)cc1. The van der Waals surface area contributed by atoms with E-state index in [-0.39, 0.29) is 10.8 Å². The highest BCUT2D eigenvalue weighted by atomic mass is 35.5. The van der Waals surface area contributed by atoms with Crippen LogP contribution in [0, 0.1) is 0 Å². The van der Waals surface area contributed by atoms with Crippen LogP contribution in [0.25, 0.3) is 6.08 Å². The first kappa shape index (κ1) is 19.2. The van der Waals surface area contributed by atoms with Gasteiger partial charge in [0.15, 0.2) is 0 Å². The molecule has 0 aliphatic rings. The number of rotatable bonds is 6. The quantitative estimate of drug-likeness (QED) is 0.561. The maximum Gasteiger partial charge on any atom is 0.261 e. The molecule has 27 heavy (non-hydrogen) atoms. The van der Waals surface area contributed by atoms with Crippen molar-refractivity contribution >= 4 is 56.3 Å². The number of halogens is 1. The average Bonchev–Trinajstić information content (AvgIpc) is 3.16. The van der Waals surface area contributed by atoms with Crippen molar-refractivity contribution in [3.63, 3.8) is 0 Å². The van der Waals surface area contributed by atoms with Gasteiger partial charge in [-0.3, -0.25) is 9.52 Å². The minimum atomic E-state index is -3.73. The second kappa shape index (κ2) is 8.39. The van der Waals surface area contributed by atoms with Gasteiger partial charge in [0.05, 0.1) is 4.90 Å². The Morgan fingerprint density at radius 1 is 0.963 bits per heavy atom. The fourth-order valence-corrected chi connectivity index (χ4v) is 3.99. The van der Waals surface area contributed by atoms with E-state index in [0.717, 1.165) is 5.56 Å². The molecule has 1 heterocycles. The maximum atomic E-state index is 12.4. The van der Waals surface area contributed by atoms with Crippen molar-refractivity contribution in [3.8, 4) is 0 Å². The fourth-order valence-electron chi connectivity index (χ4n) is 2.18. The molecule has 3 rings (SSSR count). The molecule has 3 aromatic rings. The van der Waals surface area contributed by atoms with Gasteiger partial charge in [0.25, 0.3) is 10.0 Å². The van der Waals surface area contributed by atoms with Crippen LogP contribution in [0.1, 0.15) is 5.56 Å². The lowest BCUT2D eigenvalue weighted by Crippen LogP contribution is -2.13. The van der Waals surface area contributed by atoms with Crippen LogP contribution in [0.5, 0.6) is 0 Å². The third kappa shape index (κ3) is 5.43. The van der Waals surface area contributed by atoms with Gasteiger partial charge in [-0.2, -0.15) is 11.3 Å². The van der Waals surface area contributed by atoms with Crippen molar-refractivity contribution in [2.45, 2.75) is 4.90 Å². The molecule has 0 saturated carbocycles. The van der Waals surface area contributed by atoms with E-state index >= 15 is 0 Å².